The number of urea groups is 1. The van der Waals surface area contributed by atoms with E-state index in [-0.39, 0.29) is 12.1 Å². The quantitative estimate of drug-likeness (QED) is 0.666. The van der Waals surface area contributed by atoms with Crippen LogP contribution in [0.1, 0.15) is 30.3 Å². The average molecular weight is 320 g/mol. The smallest absolute Gasteiger partial charge is 0.317 e. The van der Waals surface area contributed by atoms with E-state index in [9.17, 15) is 4.79 Å². The predicted octanol–water partition coefficient (Wildman–Crippen LogP) is 0.265. The van der Waals surface area contributed by atoms with Crippen molar-refractivity contribution in [1.29, 1.82) is 0 Å². The van der Waals surface area contributed by atoms with Gasteiger partial charge in [-0.3, -0.25) is 0 Å². The molecule has 126 valence electrons. The van der Waals surface area contributed by atoms with Crippen LogP contribution in [0.25, 0.3) is 0 Å². The van der Waals surface area contributed by atoms with Gasteiger partial charge in [-0.15, -0.1) is 0 Å². The summed E-state index contributed by atoms with van der Waals surface area (Å²) in [6.07, 6.45) is 1.94. The van der Waals surface area contributed by atoms with Crippen LogP contribution in [0.5, 0.6) is 0 Å². The highest BCUT2D eigenvalue weighted by Crippen LogP contribution is 2.35. The van der Waals surface area contributed by atoms with E-state index >= 15 is 0 Å². The molecule has 8 heteroatoms. The van der Waals surface area contributed by atoms with Crippen LogP contribution < -0.4 is 16.4 Å². The lowest BCUT2D eigenvalue weighted by Crippen LogP contribution is -2.35. The lowest BCUT2D eigenvalue weighted by molar-refractivity contribution is 0.177. The number of ether oxygens (including phenoxy) is 1. The van der Waals surface area contributed by atoms with Gasteiger partial charge in [0.15, 0.2) is 5.82 Å². The van der Waals surface area contributed by atoms with Gasteiger partial charge >= 0.3 is 6.03 Å². The Morgan fingerprint density at radius 3 is 2.96 bits per heavy atom. The van der Waals surface area contributed by atoms with E-state index in [1.165, 1.54) is 0 Å². The molecule has 1 aliphatic carbocycles. The number of hydrogen-bond acceptors (Lipinski definition) is 6. The Bertz CT molecular complexity index is 561. The molecule has 1 aromatic heterocycles. The Labute approximate surface area is 135 Å². The van der Waals surface area contributed by atoms with Crippen molar-refractivity contribution < 1.29 is 9.53 Å². The van der Waals surface area contributed by atoms with Gasteiger partial charge in [-0.05, 0) is 12.8 Å². The van der Waals surface area contributed by atoms with Gasteiger partial charge in [0, 0.05) is 57.0 Å². The molecule has 0 atom stereocenters. The van der Waals surface area contributed by atoms with Crippen molar-refractivity contribution in [1.82, 2.24) is 20.2 Å². The summed E-state index contributed by atoms with van der Waals surface area (Å²) in [6.45, 7) is 3.16. The summed E-state index contributed by atoms with van der Waals surface area (Å²) in [5.74, 6) is 1.86. The third kappa shape index (κ3) is 3.89. The number of rotatable bonds is 7. The number of aromatic nitrogens is 2. The first-order valence-corrected chi connectivity index (χ1v) is 8.04. The van der Waals surface area contributed by atoms with Gasteiger partial charge in [-0.25, -0.2) is 14.8 Å². The minimum absolute atomic E-state index is 0.00120. The molecule has 2 fully saturated rings. The number of carbonyl (C=O) groups is 1. The van der Waals surface area contributed by atoms with Crippen LogP contribution in [0.2, 0.25) is 0 Å². The molecule has 1 saturated carbocycles. The molecule has 4 N–H and O–H groups in total. The minimum Gasteiger partial charge on any atom is -0.377 e. The number of hydrogen-bond donors (Lipinski definition) is 3. The van der Waals surface area contributed by atoms with E-state index in [0.29, 0.717) is 31.4 Å². The van der Waals surface area contributed by atoms with E-state index in [0.717, 1.165) is 37.4 Å². The van der Waals surface area contributed by atoms with Crippen molar-refractivity contribution >= 4 is 11.8 Å². The predicted molar refractivity (Wildman–Crippen MR) is 86.2 cm³/mol. The summed E-state index contributed by atoms with van der Waals surface area (Å²) < 4.78 is 5.15. The van der Waals surface area contributed by atoms with Gasteiger partial charge in [0.05, 0.1) is 0 Å². The Hall–Kier alpha value is -1.93. The second-order valence-electron chi connectivity index (χ2n) is 6.10. The highest BCUT2D eigenvalue weighted by molar-refractivity contribution is 5.76. The first-order chi connectivity index (χ1) is 11.2. The molecule has 1 aliphatic heterocycles. The second kappa shape index (κ2) is 7.10. The summed E-state index contributed by atoms with van der Waals surface area (Å²) in [4.78, 5) is 22.3. The fraction of sp³-hybridized carbons (Fsp3) is 0.667. The number of carbonyl (C=O) groups excluding carboxylic acids is 1. The number of anilines is 1. The Balaban J connectivity index is 1.61. The third-order valence-corrected chi connectivity index (χ3v) is 4.29. The Morgan fingerprint density at radius 2 is 2.30 bits per heavy atom. The maximum atomic E-state index is 11.5. The molecule has 0 aromatic carbocycles. The summed E-state index contributed by atoms with van der Waals surface area (Å²) in [5, 5.41) is 6.08. The van der Waals surface area contributed by atoms with Crippen LogP contribution in [0, 0.1) is 0 Å². The summed E-state index contributed by atoms with van der Waals surface area (Å²) in [6, 6.07) is 2.27. The van der Waals surface area contributed by atoms with Crippen LogP contribution >= 0.6 is 0 Å². The van der Waals surface area contributed by atoms with E-state index in [1.54, 1.807) is 12.0 Å². The average Bonchev–Trinajstić information content (AvgIpc) is 2.90. The Kier molecular flexibility index (Phi) is 4.92. The lowest BCUT2D eigenvalue weighted by Gasteiger charge is -2.32. The molecule has 2 aliphatic rings. The monoisotopic (exact) mass is 320 g/mol. The molecular formula is C15H24N6O2. The second-order valence-corrected chi connectivity index (χ2v) is 6.10. The maximum Gasteiger partial charge on any atom is 0.317 e. The highest BCUT2D eigenvalue weighted by atomic mass is 16.5. The van der Waals surface area contributed by atoms with E-state index in [4.69, 9.17) is 10.5 Å². The van der Waals surface area contributed by atoms with E-state index in [2.05, 4.69) is 20.6 Å². The van der Waals surface area contributed by atoms with Gasteiger partial charge in [-0.2, -0.15) is 0 Å². The van der Waals surface area contributed by atoms with Gasteiger partial charge in [0.2, 0.25) is 0 Å². The topological polar surface area (TPSA) is 105 Å². The number of nitrogens with one attached hydrogen (secondary N) is 2. The number of methoxy groups -OCH3 is 1. The van der Waals surface area contributed by atoms with Crippen molar-refractivity contribution in [2.75, 3.05) is 38.6 Å². The summed E-state index contributed by atoms with van der Waals surface area (Å²) >= 11 is 0. The van der Waals surface area contributed by atoms with Crippen LogP contribution in [0.3, 0.4) is 0 Å². The van der Waals surface area contributed by atoms with Crippen LogP contribution in [-0.2, 0) is 11.3 Å². The van der Waals surface area contributed by atoms with E-state index < -0.39 is 0 Å². The molecule has 0 bridgehead atoms. The summed E-state index contributed by atoms with van der Waals surface area (Å²) in [5.41, 5.74) is 6.90. The van der Waals surface area contributed by atoms with Gasteiger partial charge in [-0.1, -0.05) is 0 Å². The normalized spacial score (nSPS) is 23.6. The lowest BCUT2D eigenvalue weighted by atomic mass is 9.78. The Morgan fingerprint density at radius 1 is 1.48 bits per heavy atom. The van der Waals surface area contributed by atoms with Crippen molar-refractivity contribution in [2.24, 2.45) is 5.73 Å². The first-order valence-electron chi connectivity index (χ1n) is 8.04. The zero-order valence-corrected chi connectivity index (χ0v) is 13.4. The largest absolute Gasteiger partial charge is 0.377 e. The van der Waals surface area contributed by atoms with Gasteiger partial charge < -0.3 is 26.0 Å². The van der Waals surface area contributed by atoms with Gasteiger partial charge in [0.1, 0.15) is 12.4 Å². The van der Waals surface area contributed by atoms with Gasteiger partial charge in [0.25, 0.3) is 0 Å². The van der Waals surface area contributed by atoms with Crippen LogP contribution in [0.15, 0.2) is 6.07 Å². The van der Waals surface area contributed by atoms with Crippen LogP contribution in [0.4, 0.5) is 10.6 Å². The molecular weight excluding hydrogens is 296 g/mol. The number of nitrogens with two attached hydrogens (primary N) is 1. The zero-order valence-electron chi connectivity index (χ0n) is 13.4. The molecule has 8 nitrogen and oxygen atoms in total. The first kappa shape index (κ1) is 15.9. The van der Waals surface area contributed by atoms with Crippen molar-refractivity contribution in [3.8, 4) is 0 Å². The molecule has 0 spiro atoms. The fourth-order valence-electron chi connectivity index (χ4n) is 2.96. The molecule has 0 unspecified atom stereocenters. The molecule has 1 aromatic rings. The SMILES string of the molecule is COCc1nc(NCCN2CCNC2=O)cc(C2CC(N)C2)n1. The number of nitrogens with zero attached hydrogens (tertiary/aromatic N) is 3. The standard InChI is InChI=1S/C15H24N6O2/c1-23-9-14-19-12(10-6-11(16)7-10)8-13(20-14)17-2-4-21-5-3-18-15(21)22/h8,10-11H,2-7,9,16H2,1H3,(H,18,22)(H,17,19,20). The number of amides is 2. The summed E-state index contributed by atoms with van der Waals surface area (Å²) in [7, 11) is 1.63. The molecule has 1 saturated heterocycles. The highest BCUT2D eigenvalue weighted by Gasteiger charge is 2.29. The van der Waals surface area contributed by atoms with Crippen molar-refractivity contribution in [3.63, 3.8) is 0 Å². The minimum atomic E-state index is -0.00120. The molecule has 3 rings (SSSR count). The molecule has 23 heavy (non-hydrogen) atoms. The zero-order chi connectivity index (χ0) is 16.2. The molecule has 2 heterocycles. The van der Waals surface area contributed by atoms with E-state index in [1.807, 2.05) is 6.07 Å². The molecule has 2 amide bonds. The maximum absolute atomic E-state index is 11.5. The fourth-order valence-corrected chi connectivity index (χ4v) is 2.96. The van der Waals surface area contributed by atoms with Crippen molar-refractivity contribution in [2.45, 2.75) is 31.4 Å². The van der Waals surface area contributed by atoms with Crippen molar-refractivity contribution in [3.05, 3.63) is 17.6 Å². The molecule has 0 radical (unpaired) electrons. The third-order valence-electron chi connectivity index (χ3n) is 4.29. The van der Waals surface area contributed by atoms with Crippen LogP contribution in [-0.4, -0.2) is 60.2 Å².